The van der Waals surface area contributed by atoms with Crippen molar-refractivity contribution in [3.63, 3.8) is 0 Å². The number of Topliss-reactive ketones (excluding diaryl/α,β-unsaturated/α-hetero) is 1. The summed E-state index contributed by atoms with van der Waals surface area (Å²) in [6.07, 6.45) is 1.03. The molecule has 3 N–H and O–H groups in total. The molecule has 3 unspecified atom stereocenters. The van der Waals surface area contributed by atoms with Crippen LogP contribution in [-0.4, -0.2) is 71.3 Å². The van der Waals surface area contributed by atoms with Gasteiger partial charge >= 0.3 is 6.09 Å². The largest absolute Gasteiger partial charge is 0.444 e. The molecule has 0 radical (unpaired) electrons. The Morgan fingerprint density at radius 2 is 1.64 bits per heavy atom. The Labute approximate surface area is 233 Å². The van der Waals surface area contributed by atoms with Crippen LogP contribution in [0.1, 0.15) is 75.7 Å². The molecule has 220 valence electrons. The van der Waals surface area contributed by atoms with Crippen LogP contribution in [0.25, 0.3) is 0 Å². The third kappa shape index (κ3) is 7.82. The predicted octanol–water partition coefficient (Wildman–Crippen LogP) is 2.81. The minimum atomic E-state index is -1.03. The molecule has 10 heteroatoms. The van der Waals surface area contributed by atoms with Crippen LogP contribution in [0, 0.1) is 28.6 Å². The van der Waals surface area contributed by atoms with E-state index in [1.165, 1.54) is 11.0 Å². The van der Waals surface area contributed by atoms with Crippen LogP contribution < -0.4 is 16.0 Å². The van der Waals surface area contributed by atoms with Crippen molar-refractivity contribution in [3.05, 3.63) is 12.7 Å². The van der Waals surface area contributed by atoms with Crippen molar-refractivity contribution in [1.82, 2.24) is 20.9 Å². The number of carbonyl (C=O) groups is 5. The van der Waals surface area contributed by atoms with Gasteiger partial charge in [-0.2, -0.15) is 0 Å². The summed E-state index contributed by atoms with van der Waals surface area (Å²) >= 11 is 0. The predicted molar refractivity (Wildman–Crippen MR) is 148 cm³/mol. The van der Waals surface area contributed by atoms with Crippen LogP contribution >= 0.6 is 0 Å². The molecule has 1 aliphatic heterocycles. The van der Waals surface area contributed by atoms with Crippen molar-refractivity contribution in [1.29, 1.82) is 0 Å². The number of alkyl carbamates (subject to hydrolysis) is 1. The maximum atomic E-state index is 13.9. The summed E-state index contributed by atoms with van der Waals surface area (Å²) in [7, 11) is 0. The number of amides is 4. The Morgan fingerprint density at radius 1 is 1.05 bits per heavy atom. The van der Waals surface area contributed by atoms with E-state index in [4.69, 9.17) is 4.74 Å². The maximum absolute atomic E-state index is 13.9. The third-order valence-corrected chi connectivity index (χ3v) is 7.51. The van der Waals surface area contributed by atoms with Crippen molar-refractivity contribution in [2.45, 2.75) is 99.4 Å². The number of piperidine rings is 1. The molecule has 0 aromatic carbocycles. The van der Waals surface area contributed by atoms with Crippen molar-refractivity contribution in [2.24, 2.45) is 28.6 Å². The number of hydrogen-bond donors (Lipinski definition) is 3. The zero-order valence-corrected chi connectivity index (χ0v) is 25.3. The van der Waals surface area contributed by atoms with E-state index >= 15 is 0 Å². The molecule has 1 aliphatic carbocycles. The first-order valence-corrected chi connectivity index (χ1v) is 13.8. The van der Waals surface area contributed by atoms with E-state index in [0.29, 0.717) is 6.54 Å². The first-order chi connectivity index (χ1) is 17.7. The molecule has 0 bridgehead atoms. The summed E-state index contributed by atoms with van der Waals surface area (Å²) < 4.78 is 5.40. The molecule has 1 heterocycles. The van der Waals surface area contributed by atoms with Gasteiger partial charge in [-0.3, -0.25) is 19.2 Å². The average Bonchev–Trinajstić information content (AvgIpc) is 3.11. The molecule has 1 saturated heterocycles. The van der Waals surface area contributed by atoms with E-state index in [-0.39, 0.29) is 42.0 Å². The van der Waals surface area contributed by atoms with Gasteiger partial charge in [0.25, 0.3) is 5.91 Å². The van der Waals surface area contributed by atoms with Crippen LogP contribution in [0.4, 0.5) is 4.79 Å². The van der Waals surface area contributed by atoms with E-state index < -0.39 is 52.8 Å². The number of ether oxygens (including phenoxy) is 1. The topological polar surface area (TPSA) is 134 Å². The van der Waals surface area contributed by atoms with E-state index in [2.05, 4.69) is 36.4 Å². The van der Waals surface area contributed by atoms with Gasteiger partial charge in [-0.1, -0.05) is 54.5 Å². The number of nitrogens with one attached hydrogen (secondary N) is 3. The van der Waals surface area contributed by atoms with Gasteiger partial charge in [0.1, 0.15) is 17.7 Å². The molecular weight excluding hydrogens is 500 g/mol. The van der Waals surface area contributed by atoms with Gasteiger partial charge in [-0.15, -0.1) is 6.58 Å². The molecule has 1 saturated carbocycles. The standard InChI is InChI=1S/C29H48N4O6/c1-12-13-30-24(36)21(34)18(14-16(2)3)31-23(35)20-19-17(29(19,10)11)15-33(20)25(37)22(27(4,5)6)32-26(38)39-28(7,8)9/h12,16-20,22H,1,13-15H2,2-11H3,(H,30,36)(H,31,35)(H,32,38)/t17?,18?,19?,20-,22+/m0/s1. The van der Waals surface area contributed by atoms with Gasteiger partial charge in [0, 0.05) is 13.1 Å². The first kappa shape index (κ1) is 32.3. The van der Waals surface area contributed by atoms with Crippen LogP contribution in [0.5, 0.6) is 0 Å². The van der Waals surface area contributed by atoms with Gasteiger partial charge in [0.05, 0.1) is 6.04 Å². The first-order valence-electron chi connectivity index (χ1n) is 13.8. The van der Waals surface area contributed by atoms with Gasteiger partial charge < -0.3 is 25.6 Å². The van der Waals surface area contributed by atoms with Gasteiger partial charge in [0.15, 0.2) is 0 Å². The second kappa shape index (κ2) is 11.7. The van der Waals surface area contributed by atoms with E-state index in [0.717, 1.165) is 0 Å². The highest BCUT2D eigenvalue weighted by atomic mass is 16.6. The van der Waals surface area contributed by atoms with Gasteiger partial charge in [-0.25, -0.2) is 4.79 Å². The van der Waals surface area contributed by atoms with Gasteiger partial charge in [-0.05, 0) is 55.8 Å². The third-order valence-electron chi connectivity index (χ3n) is 7.51. The Bertz CT molecular complexity index is 991. The van der Waals surface area contributed by atoms with Crippen molar-refractivity contribution >= 4 is 29.6 Å². The lowest BCUT2D eigenvalue weighted by atomic mass is 9.85. The fourth-order valence-electron chi connectivity index (χ4n) is 5.42. The Morgan fingerprint density at radius 3 is 2.13 bits per heavy atom. The molecule has 39 heavy (non-hydrogen) atoms. The lowest BCUT2D eigenvalue weighted by molar-refractivity contribution is -0.145. The summed E-state index contributed by atoms with van der Waals surface area (Å²) in [6.45, 7) is 22.7. The molecule has 0 aromatic rings. The zero-order chi connectivity index (χ0) is 30.1. The quantitative estimate of drug-likeness (QED) is 0.284. The number of hydrogen-bond acceptors (Lipinski definition) is 6. The Kier molecular flexibility index (Phi) is 9.67. The molecule has 0 aromatic heterocycles. The fraction of sp³-hybridized carbons (Fsp3) is 0.759. The number of nitrogens with zero attached hydrogens (tertiary/aromatic N) is 1. The highest BCUT2D eigenvalue weighted by Gasteiger charge is 2.70. The normalized spacial score (nSPS) is 23.3. The summed E-state index contributed by atoms with van der Waals surface area (Å²) in [5, 5.41) is 7.99. The van der Waals surface area contributed by atoms with Crippen LogP contribution in [-0.2, 0) is 23.9 Å². The smallest absolute Gasteiger partial charge is 0.408 e. The molecule has 2 aliphatic rings. The summed E-state index contributed by atoms with van der Waals surface area (Å²) in [6, 6.07) is -2.80. The lowest BCUT2D eigenvalue weighted by Gasteiger charge is -2.38. The molecule has 2 rings (SSSR count). The Hall–Kier alpha value is -2.91. The fourth-order valence-corrected chi connectivity index (χ4v) is 5.42. The summed E-state index contributed by atoms with van der Waals surface area (Å²) in [5.41, 5.74) is -1.57. The molecule has 5 atom stereocenters. The zero-order valence-electron chi connectivity index (χ0n) is 25.3. The number of ketones is 1. The minimum absolute atomic E-state index is 0.0289. The number of rotatable bonds is 10. The molecule has 2 fully saturated rings. The van der Waals surface area contributed by atoms with Crippen molar-refractivity contribution in [3.8, 4) is 0 Å². The lowest BCUT2D eigenvalue weighted by Crippen LogP contribution is -2.61. The number of fused-ring (bicyclic) bond motifs is 1. The molecular formula is C29H48N4O6. The Balaban J connectivity index is 2.33. The van der Waals surface area contributed by atoms with E-state index in [1.807, 2.05) is 34.6 Å². The average molecular weight is 549 g/mol. The highest BCUT2D eigenvalue weighted by Crippen LogP contribution is 2.65. The number of carbonyl (C=O) groups excluding carboxylic acids is 5. The van der Waals surface area contributed by atoms with Crippen LogP contribution in [0.3, 0.4) is 0 Å². The van der Waals surface area contributed by atoms with E-state index in [1.54, 1.807) is 20.8 Å². The van der Waals surface area contributed by atoms with Crippen LogP contribution in [0.2, 0.25) is 0 Å². The highest BCUT2D eigenvalue weighted by molar-refractivity contribution is 6.38. The second-order valence-electron chi connectivity index (χ2n) is 13.9. The van der Waals surface area contributed by atoms with Gasteiger partial charge in [0.2, 0.25) is 17.6 Å². The minimum Gasteiger partial charge on any atom is -0.444 e. The van der Waals surface area contributed by atoms with Crippen molar-refractivity contribution in [2.75, 3.05) is 13.1 Å². The van der Waals surface area contributed by atoms with E-state index in [9.17, 15) is 24.0 Å². The SMILES string of the molecule is C=CCNC(=O)C(=O)C(CC(C)C)NC(=O)[C@@H]1C2C(CN1C(=O)[C@@H](NC(=O)OC(C)(C)C)C(C)(C)C)C2(C)C. The molecule has 4 amide bonds. The summed E-state index contributed by atoms with van der Waals surface area (Å²) in [4.78, 5) is 67.2. The van der Waals surface area contributed by atoms with Crippen molar-refractivity contribution < 1.29 is 28.7 Å². The number of likely N-dealkylation sites (tertiary alicyclic amines) is 1. The summed E-state index contributed by atoms with van der Waals surface area (Å²) in [5.74, 6) is -2.35. The molecule has 0 spiro atoms. The maximum Gasteiger partial charge on any atom is 0.408 e. The van der Waals surface area contributed by atoms with Crippen LogP contribution in [0.15, 0.2) is 12.7 Å². The second-order valence-corrected chi connectivity index (χ2v) is 13.9. The molecule has 10 nitrogen and oxygen atoms in total. The monoisotopic (exact) mass is 548 g/mol.